The number of aromatic nitrogens is 2. The Morgan fingerprint density at radius 3 is 2.66 bits per heavy atom. The molecule has 0 fully saturated rings. The third-order valence-electron chi connectivity index (χ3n) is 4.43. The molecule has 1 atom stereocenters. The van der Waals surface area contributed by atoms with Crippen molar-refractivity contribution in [2.45, 2.75) is 25.8 Å². The maximum atomic E-state index is 12.7. The molecule has 7 heteroatoms. The lowest BCUT2D eigenvalue weighted by atomic mass is 10.0. The van der Waals surface area contributed by atoms with Gasteiger partial charge < -0.3 is 15.0 Å². The van der Waals surface area contributed by atoms with Crippen LogP contribution in [0, 0.1) is 6.92 Å². The minimum atomic E-state index is -0.348. The predicted octanol–water partition coefficient (Wildman–Crippen LogP) is 3.38. The molecule has 2 N–H and O–H groups in total. The van der Waals surface area contributed by atoms with E-state index in [4.69, 9.17) is 16.3 Å². The first-order valence-electron chi connectivity index (χ1n) is 9.17. The quantitative estimate of drug-likeness (QED) is 0.624. The first kappa shape index (κ1) is 20.6. The molecule has 1 heterocycles. The molecule has 0 spiro atoms. The molecular formula is C22H22ClN3O3. The number of rotatable bonds is 7. The summed E-state index contributed by atoms with van der Waals surface area (Å²) in [5, 5.41) is 3.66. The predicted molar refractivity (Wildman–Crippen MR) is 112 cm³/mol. The molecule has 1 amide bonds. The fourth-order valence-corrected chi connectivity index (χ4v) is 3.24. The van der Waals surface area contributed by atoms with Gasteiger partial charge in [0.05, 0.1) is 25.3 Å². The number of H-pyrrole nitrogens is 1. The van der Waals surface area contributed by atoms with E-state index >= 15 is 0 Å². The summed E-state index contributed by atoms with van der Waals surface area (Å²) in [6, 6.07) is 15.8. The van der Waals surface area contributed by atoms with Crippen LogP contribution < -0.4 is 15.6 Å². The number of carbonyl (C=O) groups is 1. The molecular weight excluding hydrogens is 390 g/mol. The summed E-state index contributed by atoms with van der Waals surface area (Å²) in [7, 11) is 1.59. The minimum Gasteiger partial charge on any atom is -0.497 e. The number of aromatic amines is 1. The zero-order chi connectivity index (χ0) is 20.8. The highest BCUT2D eigenvalue weighted by molar-refractivity contribution is 6.30. The van der Waals surface area contributed by atoms with E-state index in [0.29, 0.717) is 28.7 Å². The van der Waals surface area contributed by atoms with Crippen LogP contribution in [0.1, 0.15) is 28.7 Å². The molecule has 0 aliphatic carbocycles. The highest BCUT2D eigenvalue weighted by atomic mass is 35.5. The van der Waals surface area contributed by atoms with Crippen molar-refractivity contribution in [1.82, 2.24) is 15.3 Å². The smallest absolute Gasteiger partial charge is 0.251 e. The number of ether oxygens (including phenoxy) is 1. The van der Waals surface area contributed by atoms with E-state index in [2.05, 4.69) is 15.3 Å². The van der Waals surface area contributed by atoms with Gasteiger partial charge in [-0.1, -0.05) is 35.9 Å². The van der Waals surface area contributed by atoms with Crippen LogP contribution in [0.5, 0.6) is 5.75 Å². The summed E-state index contributed by atoms with van der Waals surface area (Å²) in [6.45, 7) is 1.73. The summed E-state index contributed by atoms with van der Waals surface area (Å²) in [5.74, 6) is 1.09. The second-order valence-electron chi connectivity index (χ2n) is 6.73. The average molecular weight is 412 g/mol. The number of methoxy groups -OCH3 is 1. The molecule has 6 nitrogen and oxygen atoms in total. The fourth-order valence-electron chi connectivity index (χ4n) is 3.12. The molecule has 29 heavy (non-hydrogen) atoms. The Morgan fingerprint density at radius 1 is 1.21 bits per heavy atom. The molecule has 0 bridgehead atoms. The molecule has 150 valence electrons. The maximum Gasteiger partial charge on any atom is 0.251 e. The summed E-state index contributed by atoms with van der Waals surface area (Å²) < 4.78 is 5.21. The van der Waals surface area contributed by atoms with Gasteiger partial charge in [-0.2, -0.15) is 0 Å². The number of halogens is 1. The lowest BCUT2D eigenvalue weighted by molar-refractivity contribution is -0.121. The zero-order valence-electron chi connectivity index (χ0n) is 16.2. The van der Waals surface area contributed by atoms with Crippen LogP contribution in [-0.2, 0) is 17.6 Å². The van der Waals surface area contributed by atoms with Gasteiger partial charge in [0, 0.05) is 17.5 Å². The van der Waals surface area contributed by atoms with Gasteiger partial charge >= 0.3 is 0 Å². The lowest BCUT2D eigenvalue weighted by Crippen LogP contribution is -2.31. The second kappa shape index (κ2) is 9.39. The van der Waals surface area contributed by atoms with Gasteiger partial charge in [0.15, 0.2) is 0 Å². The van der Waals surface area contributed by atoms with E-state index in [0.717, 1.165) is 11.1 Å². The van der Waals surface area contributed by atoms with Crippen LogP contribution >= 0.6 is 11.6 Å². The Bertz CT molecular complexity index is 1050. The Hall–Kier alpha value is -3.12. The second-order valence-corrected chi connectivity index (χ2v) is 7.16. The zero-order valence-corrected chi connectivity index (χ0v) is 17.0. The molecule has 0 aliphatic heterocycles. The summed E-state index contributed by atoms with van der Waals surface area (Å²) >= 11 is 6.00. The minimum absolute atomic E-state index is 0.139. The van der Waals surface area contributed by atoms with E-state index in [-0.39, 0.29) is 23.9 Å². The number of nitrogens with one attached hydrogen (secondary N) is 2. The number of hydrogen-bond donors (Lipinski definition) is 2. The van der Waals surface area contributed by atoms with E-state index in [1.807, 2.05) is 36.4 Å². The molecule has 0 saturated carbocycles. The molecule has 3 rings (SSSR count). The van der Waals surface area contributed by atoms with Crippen LogP contribution in [0.4, 0.5) is 0 Å². The molecule has 0 saturated heterocycles. The first-order valence-corrected chi connectivity index (χ1v) is 9.55. The van der Waals surface area contributed by atoms with Gasteiger partial charge in [0.25, 0.3) is 5.56 Å². The summed E-state index contributed by atoms with van der Waals surface area (Å²) in [6.07, 6.45) is 0.597. The van der Waals surface area contributed by atoms with Gasteiger partial charge in [-0.05, 0) is 42.3 Å². The third kappa shape index (κ3) is 5.93. The molecule has 2 aromatic carbocycles. The molecule has 1 aromatic heterocycles. The van der Waals surface area contributed by atoms with E-state index < -0.39 is 0 Å². The Kier molecular flexibility index (Phi) is 6.67. The van der Waals surface area contributed by atoms with Gasteiger partial charge in [0.1, 0.15) is 11.6 Å². The van der Waals surface area contributed by atoms with Crippen molar-refractivity contribution in [3.8, 4) is 5.75 Å². The van der Waals surface area contributed by atoms with Crippen molar-refractivity contribution in [2.75, 3.05) is 7.11 Å². The molecule has 0 aliphatic rings. The van der Waals surface area contributed by atoms with Crippen molar-refractivity contribution in [3.05, 3.63) is 92.6 Å². The van der Waals surface area contributed by atoms with E-state index in [1.54, 1.807) is 26.2 Å². The number of carbonyl (C=O) groups excluding carboxylic acids is 1. The standard InChI is InChI=1S/C22H22ClN3O3/c1-14-24-18(13-22(28)25-14)12-20(16-6-8-17(23)9-7-16)26-21(27)11-15-4-3-5-19(10-15)29-2/h3-10,13,20H,11-12H2,1-2H3,(H,26,27)(H,24,25,28). The van der Waals surface area contributed by atoms with Crippen molar-refractivity contribution in [3.63, 3.8) is 0 Å². The highest BCUT2D eigenvalue weighted by Crippen LogP contribution is 2.20. The highest BCUT2D eigenvalue weighted by Gasteiger charge is 2.17. The van der Waals surface area contributed by atoms with Crippen molar-refractivity contribution >= 4 is 17.5 Å². The van der Waals surface area contributed by atoms with Crippen LogP contribution in [0.15, 0.2) is 59.4 Å². The third-order valence-corrected chi connectivity index (χ3v) is 4.68. The Balaban J connectivity index is 1.81. The number of nitrogens with zero attached hydrogens (tertiary/aromatic N) is 1. The summed E-state index contributed by atoms with van der Waals surface area (Å²) in [5.41, 5.74) is 2.12. The SMILES string of the molecule is COc1cccc(CC(=O)NC(Cc2cc(=O)[nH]c(C)n2)c2ccc(Cl)cc2)c1. The van der Waals surface area contributed by atoms with Gasteiger partial charge in [-0.3, -0.25) is 9.59 Å². The van der Waals surface area contributed by atoms with E-state index in [1.165, 1.54) is 6.07 Å². The lowest BCUT2D eigenvalue weighted by Gasteiger charge is -2.19. The monoisotopic (exact) mass is 411 g/mol. The first-order chi connectivity index (χ1) is 13.9. The largest absolute Gasteiger partial charge is 0.497 e. The topological polar surface area (TPSA) is 84.1 Å². The molecule has 1 unspecified atom stereocenters. The van der Waals surface area contributed by atoms with Gasteiger partial charge in [-0.25, -0.2) is 4.98 Å². The number of benzene rings is 2. The van der Waals surface area contributed by atoms with Crippen LogP contribution in [0.25, 0.3) is 0 Å². The van der Waals surface area contributed by atoms with Gasteiger partial charge in [0.2, 0.25) is 5.91 Å². The maximum absolute atomic E-state index is 12.7. The number of hydrogen-bond acceptors (Lipinski definition) is 4. The van der Waals surface area contributed by atoms with Crippen molar-refractivity contribution in [2.24, 2.45) is 0 Å². The summed E-state index contributed by atoms with van der Waals surface area (Å²) in [4.78, 5) is 31.5. The van der Waals surface area contributed by atoms with Crippen molar-refractivity contribution in [1.29, 1.82) is 0 Å². The number of amides is 1. The van der Waals surface area contributed by atoms with Gasteiger partial charge in [-0.15, -0.1) is 0 Å². The Morgan fingerprint density at radius 2 is 1.97 bits per heavy atom. The van der Waals surface area contributed by atoms with Crippen LogP contribution in [0.2, 0.25) is 5.02 Å². The normalized spacial score (nSPS) is 11.7. The van der Waals surface area contributed by atoms with E-state index in [9.17, 15) is 9.59 Å². The fraction of sp³-hybridized carbons (Fsp3) is 0.227. The Labute approximate surface area is 173 Å². The molecule has 3 aromatic rings. The average Bonchev–Trinajstić information content (AvgIpc) is 2.67. The van der Waals surface area contributed by atoms with Crippen LogP contribution in [-0.4, -0.2) is 23.0 Å². The number of aryl methyl sites for hydroxylation is 1. The van der Waals surface area contributed by atoms with Crippen molar-refractivity contribution < 1.29 is 9.53 Å². The van der Waals surface area contributed by atoms with Crippen LogP contribution in [0.3, 0.4) is 0 Å². The molecule has 0 radical (unpaired) electrons.